The molecule has 0 saturated heterocycles. The van der Waals surface area contributed by atoms with Crippen molar-refractivity contribution in [3.05, 3.63) is 76.2 Å². The minimum atomic E-state index is -0.763. The molecule has 0 bridgehead atoms. The van der Waals surface area contributed by atoms with E-state index in [0.29, 0.717) is 10.2 Å². The molecule has 0 fully saturated rings. The van der Waals surface area contributed by atoms with Gasteiger partial charge >= 0.3 is 5.97 Å². The first kappa shape index (κ1) is 21.4. The number of ether oxygens (including phenoxy) is 1. The summed E-state index contributed by atoms with van der Waals surface area (Å²) >= 11 is 2.70. The SMILES string of the molecule is C[C@H](OC(=O)C[C@@H]1Sc2ccccc2NC1=O)c1nc2scc(-c3ccccc3)c2c(=O)[nH]1. The standard InChI is InChI=1S/C24H19N3O4S2/c1-13(31-19(28)11-18-22(29)25-16-9-5-6-10-17(16)33-18)21-26-23(30)20-15(12-32-24(20)27-21)14-7-3-2-4-8-14/h2-10,12-13,18H,11H2,1H3,(H,25,29)(H,26,27,30)/t13-,18-/m0/s1. The fourth-order valence-corrected chi connectivity index (χ4v) is 5.72. The number of aromatic amines is 1. The Bertz CT molecular complexity index is 1410. The Morgan fingerprint density at radius 3 is 2.70 bits per heavy atom. The van der Waals surface area contributed by atoms with Gasteiger partial charge in [0.05, 0.1) is 22.7 Å². The zero-order valence-electron chi connectivity index (χ0n) is 17.5. The van der Waals surface area contributed by atoms with Gasteiger partial charge in [0, 0.05) is 15.8 Å². The minimum absolute atomic E-state index is 0.0845. The first-order valence-electron chi connectivity index (χ1n) is 10.3. The Kier molecular flexibility index (Phi) is 5.74. The van der Waals surface area contributed by atoms with Crippen molar-refractivity contribution in [1.82, 2.24) is 9.97 Å². The Morgan fingerprint density at radius 1 is 1.12 bits per heavy atom. The molecule has 33 heavy (non-hydrogen) atoms. The smallest absolute Gasteiger partial charge is 0.308 e. The lowest BCUT2D eigenvalue weighted by Gasteiger charge is -2.23. The molecule has 5 rings (SSSR count). The fraction of sp³-hybridized carbons (Fsp3) is 0.167. The number of amides is 1. The number of hydrogen-bond donors (Lipinski definition) is 2. The third-order valence-corrected chi connectivity index (χ3v) is 7.45. The van der Waals surface area contributed by atoms with Gasteiger partial charge in [-0.1, -0.05) is 42.5 Å². The van der Waals surface area contributed by atoms with Crippen LogP contribution in [0, 0.1) is 0 Å². The first-order valence-corrected chi connectivity index (χ1v) is 12.1. The Hall–Kier alpha value is -3.43. The molecule has 0 radical (unpaired) electrons. The molecule has 0 unspecified atom stereocenters. The minimum Gasteiger partial charge on any atom is -0.454 e. The van der Waals surface area contributed by atoms with Gasteiger partial charge in [0.15, 0.2) is 11.9 Å². The molecule has 2 N–H and O–H groups in total. The number of rotatable bonds is 5. The summed E-state index contributed by atoms with van der Waals surface area (Å²) in [4.78, 5) is 46.5. The molecule has 1 aliphatic heterocycles. The maximum absolute atomic E-state index is 12.8. The van der Waals surface area contributed by atoms with E-state index < -0.39 is 17.3 Å². The molecule has 0 aliphatic carbocycles. The number of carbonyl (C=O) groups is 2. The number of benzene rings is 2. The zero-order chi connectivity index (χ0) is 22.9. The fourth-order valence-electron chi connectivity index (χ4n) is 3.67. The van der Waals surface area contributed by atoms with Crippen LogP contribution in [0.25, 0.3) is 21.3 Å². The van der Waals surface area contributed by atoms with E-state index in [4.69, 9.17) is 4.74 Å². The second-order valence-corrected chi connectivity index (χ2v) is 9.68. The molecule has 9 heteroatoms. The van der Waals surface area contributed by atoms with Gasteiger partial charge in [-0.2, -0.15) is 0 Å². The molecule has 0 spiro atoms. The number of thiophene rings is 1. The van der Waals surface area contributed by atoms with Gasteiger partial charge in [-0.05, 0) is 24.6 Å². The number of hydrogen-bond acceptors (Lipinski definition) is 7. The highest BCUT2D eigenvalue weighted by atomic mass is 32.2. The van der Waals surface area contributed by atoms with Gasteiger partial charge in [-0.3, -0.25) is 14.4 Å². The molecule has 7 nitrogen and oxygen atoms in total. The summed E-state index contributed by atoms with van der Waals surface area (Å²) < 4.78 is 5.51. The van der Waals surface area contributed by atoms with E-state index in [-0.39, 0.29) is 23.7 Å². The predicted octanol–water partition coefficient (Wildman–Crippen LogP) is 4.76. The van der Waals surface area contributed by atoms with Gasteiger partial charge in [0.25, 0.3) is 5.56 Å². The van der Waals surface area contributed by atoms with Crippen LogP contribution < -0.4 is 10.9 Å². The summed E-state index contributed by atoms with van der Waals surface area (Å²) in [6.45, 7) is 1.65. The molecular weight excluding hydrogens is 458 g/mol. The molecule has 1 aliphatic rings. The number of H-pyrrole nitrogens is 1. The van der Waals surface area contributed by atoms with E-state index in [0.717, 1.165) is 21.7 Å². The highest BCUT2D eigenvalue weighted by molar-refractivity contribution is 8.01. The van der Waals surface area contributed by atoms with Crippen LogP contribution in [0.2, 0.25) is 0 Å². The van der Waals surface area contributed by atoms with Crippen molar-refractivity contribution in [3.8, 4) is 11.1 Å². The maximum Gasteiger partial charge on any atom is 0.308 e. The average Bonchev–Trinajstić information content (AvgIpc) is 3.25. The lowest BCUT2D eigenvalue weighted by atomic mass is 10.1. The third-order valence-electron chi connectivity index (χ3n) is 5.30. The molecule has 4 aromatic rings. The molecule has 2 atom stereocenters. The van der Waals surface area contributed by atoms with Crippen molar-refractivity contribution in [1.29, 1.82) is 0 Å². The van der Waals surface area contributed by atoms with Gasteiger partial charge in [0.2, 0.25) is 5.91 Å². The van der Waals surface area contributed by atoms with Crippen molar-refractivity contribution in [3.63, 3.8) is 0 Å². The Balaban J connectivity index is 1.31. The van der Waals surface area contributed by atoms with E-state index in [9.17, 15) is 14.4 Å². The summed E-state index contributed by atoms with van der Waals surface area (Å²) in [5.74, 6) is -0.495. The lowest BCUT2D eigenvalue weighted by Crippen LogP contribution is -2.31. The average molecular weight is 478 g/mol. The van der Waals surface area contributed by atoms with Crippen LogP contribution in [-0.4, -0.2) is 27.1 Å². The molecule has 1 amide bonds. The van der Waals surface area contributed by atoms with Gasteiger partial charge in [-0.15, -0.1) is 23.1 Å². The molecule has 3 heterocycles. The number of anilines is 1. The number of para-hydroxylation sites is 1. The Labute approximate surface area is 197 Å². The molecule has 0 saturated carbocycles. The first-order chi connectivity index (χ1) is 16.0. The third kappa shape index (κ3) is 4.29. The van der Waals surface area contributed by atoms with Gasteiger partial charge in [0.1, 0.15) is 4.83 Å². The van der Waals surface area contributed by atoms with Crippen molar-refractivity contribution in [2.75, 3.05) is 5.32 Å². The number of nitrogens with zero attached hydrogens (tertiary/aromatic N) is 1. The zero-order valence-corrected chi connectivity index (χ0v) is 19.2. The monoisotopic (exact) mass is 477 g/mol. The highest BCUT2D eigenvalue weighted by Gasteiger charge is 2.30. The van der Waals surface area contributed by atoms with Crippen molar-refractivity contribution in [2.24, 2.45) is 0 Å². The summed E-state index contributed by atoms with van der Waals surface area (Å²) in [7, 11) is 0. The Morgan fingerprint density at radius 2 is 1.88 bits per heavy atom. The van der Waals surface area contributed by atoms with E-state index in [2.05, 4.69) is 15.3 Å². The van der Waals surface area contributed by atoms with E-state index in [1.807, 2.05) is 60.0 Å². The van der Waals surface area contributed by atoms with E-state index >= 15 is 0 Å². The summed E-state index contributed by atoms with van der Waals surface area (Å²) in [5, 5.41) is 4.65. The van der Waals surface area contributed by atoms with Crippen LogP contribution >= 0.6 is 23.1 Å². The van der Waals surface area contributed by atoms with Crippen LogP contribution in [0.5, 0.6) is 0 Å². The van der Waals surface area contributed by atoms with Crippen molar-refractivity contribution < 1.29 is 14.3 Å². The van der Waals surface area contributed by atoms with Gasteiger partial charge in [-0.25, -0.2) is 4.98 Å². The van der Waals surface area contributed by atoms with E-state index in [1.54, 1.807) is 6.92 Å². The van der Waals surface area contributed by atoms with Crippen molar-refractivity contribution in [2.45, 2.75) is 29.6 Å². The quantitative estimate of drug-likeness (QED) is 0.402. The topological polar surface area (TPSA) is 101 Å². The van der Waals surface area contributed by atoms with Crippen LogP contribution in [0.15, 0.2) is 69.7 Å². The highest BCUT2D eigenvalue weighted by Crippen LogP contribution is 2.37. The predicted molar refractivity (Wildman–Crippen MR) is 130 cm³/mol. The molecular formula is C24H19N3O4S2. The van der Waals surface area contributed by atoms with Crippen molar-refractivity contribution >= 4 is 50.9 Å². The lowest BCUT2D eigenvalue weighted by molar-refractivity contribution is -0.149. The number of fused-ring (bicyclic) bond motifs is 2. The molecule has 166 valence electrons. The summed E-state index contributed by atoms with van der Waals surface area (Å²) in [6, 6.07) is 17.1. The number of nitrogens with one attached hydrogen (secondary N) is 2. The van der Waals surface area contributed by atoms with Crippen LogP contribution in [-0.2, 0) is 14.3 Å². The van der Waals surface area contributed by atoms with Crippen LogP contribution in [0.4, 0.5) is 5.69 Å². The largest absolute Gasteiger partial charge is 0.454 e. The number of esters is 1. The number of carbonyl (C=O) groups excluding carboxylic acids is 2. The maximum atomic E-state index is 12.8. The van der Waals surface area contributed by atoms with E-state index in [1.165, 1.54) is 23.1 Å². The second kappa shape index (κ2) is 8.84. The van der Waals surface area contributed by atoms with Crippen LogP contribution in [0.1, 0.15) is 25.3 Å². The second-order valence-electron chi connectivity index (χ2n) is 7.57. The molecule has 2 aromatic heterocycles. The van der Waals surface area contributed by atoms with Gasteiger partial charge < -0.3 is 15.0 Å². The summed E-state index contributed by atoms with van der Waals surface area (Å²) in [6.07, 6.45) is -0.848. The number of thioether (sulfide) groups is 1. The number of aromatic nitrogens is 2. The van der Waals surface area contributed by atoms with Crippen LogP contribution in [0.3, 0.4) is 0 Å². The molecule has 2 aromatic carbocycles. The summed E-state index contributed by atoms with van der Waals surface area (Å²) in [5.41, 5.74) is 2.22. The normalized spacial score (nSPS) is 16.2.